The molecule has 164 valence electrons. The fourth-order valence-electron chi connectivity index (χ4n) is 4.77. The van der Waals surface area contributed by atoms with E-state index in [4.69, 9.17) is 5.11 Å². The number of carbonyl (C=O) groups is 2. The van der Waals surface area contributed by atoms with Gasteiger partial charge in [0.1, 0.15) is 6.04 Å². The number of carbonyl (C=O) groups excluding carboxylic acids is 1. The van der Waals surface area contributed by atoms with Gasteiger partial charge in [-0.1, -0.05) is 50.3 Å². The van der Waals surface area contributed by atoms with E-state index < -0.39 is 35.7 Å². The maximum atomic E-state index is 14.0. The molecule has 1 fully saturated rings. The zero-order valence-electron chi connectivity index (χ0n) is 17.1. The third-order valence-electron chi connectivity index (χ3n) is 6.52. The van der Waals surface area contributed by atoms with Crippen LogP contribution in [0.25, 0.3) is 5.57 Å². The van der Waals surface area contributed by atoms with E-state index in [1.54, 1.807) is 36.4 Å². The first-order chi connectivity index (χ1) is 14.0. The van der Waals surface area contributed by atoms with Crippen molar-refractivity contribution in [1.82, 2.24) is 10.2 Å². The Bertz CT molecular complexity index is 823. The quantitative estimate of drug-likeness (QED) is 0.736. The Labute approximate surface area is 173 Å². The fourth-order valence-corrected chi connectivity index (χ4v) is 4.77. The molecule has 3 atom stereocenters. The van der Waals surface area contributed by atoms with Crippen molar-refractivity contribution in [2.45, 2.75) is 57.8 Å². The van der Waals surface area contributed by atoms with Crippen LogP contribution in [0.2, 0.25) is 0 Å². The van der Waals surface area contributed by atoms with Gasteiger partial charge in [-0.3, -0.25) is 4.79 Å². The standard InChI is InChI=1S/C22H27F3N2O3/c1-14(2)21(10-8-17(13-21)26-20(29)30)19(28)27-11-9-16(12-18(27)22(23,24)25)15-6-4-3-5-7-15/h3-7,9,14,17-18,26H,8,10-13H2,1-2H3,(H,29,30)/t17-,18?,21+/m1/s1. The average Bonchev–Trinajstić information content (AvgIpc) is 3.11. The summed E-state index contributed by atoms with van der Waals surface area (Å²) < 4.78 is 42.0. The molecule has 0 aromatic heterocycles. The second-order valence-corrected chi connectivity index (χ2v) is 8.51. The third kappa shape index (κ3) is 4.32. The molecule has 1 heterocycles. The number of alkyl halides is 3. The second kappa shape index (κ2) is 8.32. The third-order valence-corrected chi connectivity index (χ3v) is 6.52. The number of hydrogen-bond acceptors (Lipinski definition) is 2. The highest BCUT2D eigenvalue weighted by atomic mass is 19.4. The number of hydrogen-bond donors (Lipinski definition) is 2. The number of carboxylic acid groups (broad SMARTS) is 1. The second-order valence-electron chi connectivity index (χ2n) is 8.51. The molecule has 0 radical (unpaired) electrons. The van der Waals surface area contributed by atoms with Crippen molar-refractivity contribution in [3.8, 4) is 0 Å². The number of rotatable bonds is 4. The molecule has 1 saturated carbocycles. The summed E-state index contributed by atoms with van der Waals surface area (Å²) >= 11 is 0. The predicted octanol–water partition coefficient (Wildman–Crippen LogP) is 4.70. The van der Waals surface area contributed by atoms with Crippen LogP contribution in [-0.2, 0) is 4.79 Å². The Balaban J connectivity index is 1.90. The van der Waals surface area contributed by atoms with Crippen LogP contribution in [0.4, 0.5) is 18.0 Å². The molecule has 1 aliphatic heterocycles. The van der Waals surface area contributed by atoms with Gasteiger partial charge >= 0.3 is 12.3 Å². The first-order valence-corrected chi connectivity index (χ1v) is 10.2. The van der Waals surface area contributed by atoms with E-state index in [0.717, 1.165) is 10.5 Å². The van der Waals surface area contributed by atoms with Gasteiger partial charge in [0.25, 0.3) is 0 Å². The maximum absolute atomic E-state index is 14.0. The summed E-state index contributed by atoms with van der Waals surface area (Å²) in [7, 11) is 0. The molecule has 3 rings (SSSR count). The molecular formula is C22H27F3N2O3. The van der Waals surface area contributed by atoms with Crippen LogP contribution in [0.5, 0.6) is 0 Å². The minimum absolute atomic E-state index is 0.112. The van der Waals surface area contributed by atoms with Crippen molar-refractivity contribution in [3.63, 3.8) is 0 Å². The van der Waals surface area contributed by atoms with Crippen molar-refractivity contribution in [2.75, 3.05) is 6.54 Å². The van der Waals surface area contributed by atoms with Crippen molar-refractivity contribution in [3.05, 3.63) is 42.0 Å². The fraction of sp³-hybridized carbons (Fsp3) is 0.545. The summed E-state index contributed by atoms with van der Waals surface area (Å²) in [4.78, 5) is 25.5. The monoisotopic (exact) mass is 424 g/mol. The minimum atomic E-state index is -4.56. The largest absolute Gasteiger partial charge is 0.465 e. The lowest BCUT2D eigenvalue weighted by Crippen LogP contribution is -2.56. The van der Waals surface area contributed by atoms with Gasteiger partial charge in [0, 0.05) is 19.0 Å². The number of benzene rings is 1. The lowest BCUT2D eigenvalue weighted by atomic mass is 9.73. The molecule has 2 aliphatic rings. The predicted molar refractivity (Wildman–Crippen MR) is 107 cm³/mol. The van der Waals surface area contributed by atoms with Crippen LogP contribution >= 0.6 is 0 Å². The number of nitrogens with zero attached hydrogens (tertiary/aromatic N) is 1. The summed E-state index contributed by atoms with van der Waals surface area (Å²) in [6, 6.07) is 6.57. The Morgan fingerprint density at radius 3 is 2.47 bits per heavy atom. The minimum Gasteiger partial charge on any atom is -0.465 e. The van der Waals surface area contributed by atoms with Gasteiger partial charge in [0.2, 0.25) is 5.91 Å². The van der Waals surface area contributed by atoms with Crippen molar-refractivity contribution < 1.29 is 27.9 Å². The molecule has 0 bridgehead atoms. The molecule has 1 unspecified atom stereocenters. The van der Waals surface area contributed by atoms with E-state index in [0.29, 0.717) is 18.4 Å². The molecule has 2 N–H and O–H groups in total. The van der Waals surface area contributed by atoms with Gasteiger partial charge in [0.05, 0.1) is 5.41 Å². The van der Waals surface area contributed by atoms with Gasteiger partial charge in [0.15, 0.2) is 0 Å². The van der Waals surface area contributed by atoms with E-state index in [2.05, 4.69) is 5.32 Å². The number of amides is 2. The van der Waals surface area contributed by atoms with Crippen molar-refractivity contribution in [2.24, 2.45) is 11.3 Å². The summed E-state index contributed by atoms with van der Waals surface area (Å²) in [5.74, 6) is -0.739. The molecule has 1 aromatic carbocycles. The topological polar surface area (TPSA) is 69.6 Å². The Kier molecular flexibility index (Phi) is 6.15. The summed E-state index contributed by atoms with van der Waals surface area (Å²) in [6.07, 6.45) is -3.31. The average molecular weight is 424 g/mol. The van der Waals surface area contributed by atoms with E-state index in [9.17, 15) is 22.8 Å². The normalized spacial score (nSPS) is 27.1. The molecule has 8 heteroatoms. The first-order valence-electron chi connectivity index (χ1n) is 10.2. The van der Waals surface area contributed by atoms with E-state index >= 15 is 0 Å². The van der Waals surface area contributed by atoms with Gasteiger partial charge in [-0.2, -0.15) is 13.2 Å². The van der Waals surface area contributed by atoms with Crippen LogP contribution in [0.15, 0.2) is 36.4 Å². The Hall–Kier alpha value is -2.51. The van der Waals surface area contributed by atoms with Crippen LogP contribution in [-0.4, -0.2) is 46.8 Å². The zero-order valence-corrected chi connectivity index (χ0v) is 17.1. The number of halogens is 3. The summed E-state index contributed by atoms with van der Waals surface area (Å²) in [5.41, 5.74) is 0.302. The lowest BCUT2D eigenvalue weighted by molar-refractivity contribution is -0.194. The SMILES string of the molecule is CC(C)[C@]1(C(=O)N2CC=C(c3ccccc3)CC2C(F)(F)F)CC[C@@H](NC(=O)O)C1. The molecule has 30 heavy (non-hydrogen) atoms. The van der Waals surface area contributed by atoms with Crippen molar-refractivity contribution >= 4 is 17.6 Å². The lowest BCUT2D eigenvalue weighted by Gasteiger charge is -2.43. The van der Waals surface area contributed by atoms with Crippen LogP contribution in [0, 0.1) is 11.3 Å². The van der Waals surface area contributed by atoms with Crippen LogP contribution in [0.1, 0.15) is 45.1 Å². The smallest absolute Gasteiger partial charge is 0.409 e. The van der Waals surface area contributed by atoms with Crippen LogP contribution in [0.3, 0.4) is 0 Å². The molecule has 5 nitrogen and oxygen atoms in total. The molecule has 0 saturated heterocycles. The van der Waals surface area contributed by atoms with E-state index in [1.807, 2.05) is 13.8 Å². The summed E-state index contributed by atoms with van der Waals surface area (Å²) in [5, 5.41) is 11.4. The number of nitrogens with one attached hydrogen (secondary N) is 1. The Morgan fingerprint density at radius 2 is 1.90 bits per heavy atom. The van der Waals surface area contributed by atoms with Gasteiger partial charge in [-0.25, -0.2) is 4.79 Å². The molecule has 0 spiro atoms. The van der Waals surface area contributed by atoms with Crippen LogP contribution < -0.4 is 5.32 Å². The van der Waals surface area contributed by atoms with Crippen molar-refractivity contribution in [1.29, 1.82) is 0 Å². The summed E-state index contributed by atoms with van der Waals surface area (Å²) in [6.45, 7) is 3.52. The van der Waals surface area contributed by atoms with Gasteiger partial charge in [-0.15, -0.1) is 0 Å². The van der Waals surface area contributed by atoms with Gasteiger partial charge in [-0.05, 0) is 36.3 Å². The van der Waals surface area contributed by atoms with E-state index in [-0.39, 0.29) is 25.3 Å². The highest BCUT2D eigenvalue weighted by molar-refractivity contribution is 5.85. The van der Waals surface area contributed by atoms with Gasteiger partial charge < -0.3 is 15.3 Å². The van der Waals surface area contributed by atoms with E-state index in [1.165, 1.54) is 0 Å². The highest BCUT2D eigenvalue weighted by Crippen LogP contribution is 2.48. The molecule has 1 aliphatic carbocycles. The Morgan fingerprint density at radius 1 is 1.23 bits per heavy atom. The zero-order chi connectivity index (χ0) is 22.1. The molecular weight excluding hydrogens is 397 g/mol. The first kappa shape index (κ1) is 22.2. The maximum Gasteiger partial charge on any atom is 0.409 e. The molecule has 1 aromatic rings. The molecule has 2 amide bonds. The highest BCUT2D eigenvalue weighted by Gasteiger charge is 2.54.